The number of ether oxygens (including phenoxy) is 2. The fourth-order valence-electron chi connectivity index (χ4n) is 2.40. The van der Waals surface area contributed by atoms with Crippen molar-refractivity contribution >= 4 is 0 Å². The van der Waals surface area contributed by atoms with E-state index in [2.05, 4.69) is 27.7 Å². The first-order chi connectivity index (χ1) is 8.01. The Morgan fingerprint density at radius 2 is 1.82 bits per heavy atom. The number of aliphatic hydroxyl groups excluding tert-OH is 2. The van der Waals surface area contributed by atoms with Gasteiger partial charge in [-0.05, 0) is 18.3 Å². The van der Waals surface area contributed by atoms with Crippen molar-refractivity contribution in [3.8, 4) is 0 Å². The minimum absolute atomic E-state index is 0.128. The summed E-state index contributed by atoms with van der Waals surface area (Å²) in [6.07, 6.45) is 0.103. The molecule has 1 heterocycles. The average molecular weight is 246 g/mol. The van der Waals surface area contributed by atoms with Gasteiger partial charge in [-0.15, -0.1) is 0 Å². The lowest BCUT2D eigenvalue weighted by Gasteiger charge is -2.43. The summed E-state index contributed by atoms with van der Waals surface area (Å²) < 4.78 is 11.5. The lowest BCUT2D eigenvalue weighted by atomic mass is 9.78. The molecular formula is C13H26O4. The van der Waals surface area contributed by atoms with E-state index in [4.69, 9.17) is 14.6 Å². The maximum atomic E-state index is 9.29. The van der Waals surface area contributed by atoms with Crippen LogP contribution in [0, 0.1) is 17.8 Å². The Hall–Kier alpha value is -0.160. The Morgan fingerprint density at radius 1 is 1.18 bits per heavy atom. The topological polar surface area (TPSA) is 58.9 Å². The normalized spacial score (nSPS) is 40.2. The Bertz CT molecular complexity index is 219. The third kappa shape index (κ3) is 3.65. The molecule has 2 N–H and O–H groups in total. The molecule has 0 amide bonds. The molecule has 0 radical (unpaired) electrons. The molecule has 6 unspecified atom stereocenters. The molecule has 102 valence electrons. The number of rotatable bonds is 5. The van der Waals surface area contributed by atoms with E-state index in [1.165, 1.54) is 0 Å². The van der Waals surface area contributed by atoms with Crippen LogP contribution < -0.4 is 0 Å². The number of hydrogen-bond donors (Lipinski definition) is 2. The van der Waals surface area contributed by atoms with Gasteiger partial charge >= 0.3 is 0 Å². The van der Waals surface area contributed by atoms with Crippen molar-refractivity contribution in [2.24, 2.45) is 17.8 Å². The molecule has 0 saturated carbocycles. The lowest BCUT2D eigenvalue weighted by Crippen LogP contribution is -2.46. The standard InChI is InChI=1S/C13H26O4/c1-5-12-9(3)8(2)10(4)13(17-12)16-7-11(15)6-14/h8-15H,5-7H2,1-4H3. The molecule has 0 aromatic carbocycles. The van der Waals surface area contributed by atoms with Crippen molar-refractivity contribution < 1.29 is 19.7 Å². The lowest BCUT2D eigenvalue weighted by molar-refractivity contribution is -0.255. The zero-order valence-electron chi connectivity index (χ0n) is 11.3. The Labute approximate surface area is 104 Å². The van der Waals surface area contributed by atoms with Crippen LogP contribution in [-0.4, -0.2) is 41.9 Å². The summed E-state index contributed by atoms with van der Waals surface area (Å²) in [4.78, 5) is 0. The van der Waals surface area contributed by atoms with E-state index in [9.17, 15) is 5.11 Å². The molecule has 1 saturated heterocycles. The molecule has 6 atom stereocenters. The fraction of sp³-hybridized carbons (Fsp3) is 1.00. The largest absolute Gasteiger partial charge is 0.394 e. The summed E-state index contributed by atoms with van der Waals surface area (Å²) in [5.74, 6) is 1.36. The van der Waals surface area contributed by atoms with Gasteiger partial charge in [0.1, 0.15) is 6.10 Å². The molecule has 1 fully saturated rings. The molecule has 17 heavy (non-hydrogen) atoms. The monoisotopic (exact) mass is 246 g/mol. The molecule has 4 heteroatoms. The van der Waals surface area contributed by atoms with E-state index < -0.39 is 6.10 Å². The summed E-state index contributed by atoms with van der Waals surface area (Å²) >= 11 is 0. The van der Waals surface area contributed by atoms with Crippen molar-refractivity contribution in [3.63, 3.8) is 0 Å². The molecule has 0 aromatic rings. The first-order valence-corrected chi connectivity index (χ1v) is 6.57. The highest BCUT2D eigenvalue weighted by molar-refractivity contribution is 4.82. The number of aliphatic hydroxyl groups is 2. The molecular weight excluding hydrogens is 220 g/mol. The number of hydrogen-bond acceptors (Lipinski definition) is 4. The van der Waals surface area contributed by atoms with Crippen LogP contribution in [-0.2, 0) is 9.47 Å². The van der Waals surface area contributed by atoms with E-state index >= 15 is 0 Å². The summed E-state index contributed by atoms with van der Waals surface area (Å²) in [5, 5.41) is 18.0. The average Bonchev–Trinajstić information content (AvgIpc) is 2.34. The molecule has 0 bridgehead atoms. The molecule has 0 aromatic heterocycles. The third-order valence-corrected chi connectivity index (χ3v) is 4.05. The van der Waals surface area contributed by atoms with Gasteiger partial charge in [0.25, 0.3) is 0 Å². The Morgan fingerprint density at radius 3 is 2.35 bits per heavy atom. The second-order valence-electron chi connectivity index (χ2n) is 5.20. The predicted octanol–water partition coefficient (Wildman–Crippen LogP) is 1.40. The first kappa shape index (κ1) is 14.9. The second-order valence-corrected chi connectivity index (χ2v) is 5.20. The van der Waals surface area contributed by atoms with Crippen molar-refractivity contribution in [1.29, 1.82) is 0 Å². The summed E-state index contributed by atoms with van der Waals surface area (Å²) in [7, 11) is 0. The predicted molar refractivity (Wildman–Crippen MR) is 65.5 cm³/mol. The fourth-order valence-corrected chi connectivity index (χ4v) is 2.40. The van der Waals surface area contributed by atoms with Crippen LogP contribution in [0.25, 0.3) is 0 Å². The van der Waals surface area contributed by atoms with Crippen LogP contribution in [0.15, 0.2) is 0 Å². The quantitative estimate of drug-likeness (QED) is 0.770. The van der Waals surface area contributed by atoms with Crippen LogP contribution in [0.3, 0.4) is 0 Å². The van der Waals surface area contributed by atoms with Crippen molar-refractivity contribution in [2.75, 3.05) is 13.2 Å². The minimum Gasteiger partial charge on any atom is -0.394 e. The summed E-state index contributed by atoms with van der Waals surface area (Å²) in [6.45, 7) is 8.52. The highest BCUT2D eigenvalue weighted by Gasteiger charge is 2.38. The van der Waals surface area contributed by atoms with Gasteiger partial charge < -0.3 is 19.7 Å². The molecule has 1 rings (SSSR count). The first-order valence-electron chi connectivity index (χ1n) is 6.57. The van der Waals surface area contributed by atoms with Crippen LogP contribution in [0.2, 0.25) is 0 Å². The zero-order valence-corrected chi connectivity index (χ0v) is 11.3. The van der Waals surface area contributed by atoms with Crippen molar-refractivity contribution in [2.45, 2.75) is 52.6 Å². The van der Waals surface area contributed by atoms with E-state index in [-0.39, 0.29) is 25.6 Å². The molecule has 1 aliphatic heterocycles. The van der Waals surface area contributed by atoms with Crippen LogP contribution in [0.5, 0.6) is 0 Å². The summed E-state index contributed by atoms with van der Waals surface area (Å²) in [5.41, 5.74) is 0. The van der Waals surface area contributed by atoms with Gasteiger partial charge in [-0.2, -0.15) is 0 Å². The van der Waals surface area contributed by atoms with E-state index in [1.807, 2.05) is 0 Å². The maximum absolute atomic E-state index is 9.29. The van der Waals surface area contributed by atoms with Gasteiger partial charge in [-0.1, -0.05) is 27.7 Å². The highest BCUT2D eigenvalue weighted by atomic mass is 16.7. The van der Waals surface area contributed by atoms with E-state index in [0.717, 1.165) is 6.42 Å². The van der Waals surface area contributed by atoms with Crippen molar-refractivity contribution in [3.05, 3.63) is 0 Å². The van der Waals surface area contributed by atoms with Gasteiger partial charge in [-0.3, -0.25) is 0 Å². The summed E-state index contributed by atoms with van der Waals surface area (Å²) in [6, 6.07) is 0. The van der Waals surface area contributed by atoms with Crippen LogP contribution in [0.1, 0.15) is 34.1 Å². The molecule has 1 aliphatic rings. The smallest absolute Gasteiger partial charge is 0.160 e. The molecule has 0 aliphatic carbocycles. The zero-order chi connectivity index (χ0) is 13.0. The van der Waals surface area contributed by atoms with E-state index in [0.29, 0.717) is 17.8 Å². The van der Waals surface area contributed by atoms with Crippen LogP contribution in [0.4, 0.5) is 0 Å². The van der Waals surface area contributed by atoms with Gasteiger partial charge in [0.2, 0.25) is 0 Å². The van der Waals surface area contributed by atoms with E-state index in [1.54, 1.807) is 0 Å². The van der Waals surface area contributed by atoms with Gasteiger partial charge in [0.05, 0.1) is 19.3 Å². The van der Waals surface area contributed by atoms with Gasteiger partial charge in [0, 0.05) is 5.92 Å². The third-order valence-electron chi connectivity index (χ3n) is 4.05. The van der Waals surface area contributed by atoms with Crippen LogP contribution >= 0.6 is 0 Å². The SMILES string of the molecule is CCC1OC(OCC(O)CO)C(C)C(C)C1C. The highest BCUT2D eigenvalue weighted by Crippen LogP contribution is 2.36. The maximum Gasteiger partial charge on any atom is 0.160 e. The second kappa shape index (κ2) is 6.69. The minimum atomic E-state index is -0.819. The molecule has 4 nitrogen and oxygen atoms in total. The Balaban J connectivity index is 2.53. The van der Waals surface area contributed by atoms with Gasteiger partial charge in [0.15, 0.2) is 6.29 Å². The van der Waals surface area contributed by atoms with Crippen molar-refractivity contribution in [1.82, 2.24) is 0 Å². The van der Waals surface area contributed by atoms with Gasteiger partial charge in [-0.25, -0.2) is 0 Å². The Kier molecular flexibility index (Phi) is 5.86. The molecule has 0 spiro atoms.